The van der Waals surface area contributed by atoms with Gasteiger partial charge in [0.25, 0.3) is 0 Å². The minimum atomic E-state index is -0.182. The van der Waals surface area contributed by atoms with Crippen molar-refractivity contribution in [2.45, 2.75) is 6.92 Å². The Morgan fingerprint density at radius 2 is 2.50 bits per heavy atom. The molecule has 0 aliphatic heterocycles. The molecule has 1 radical (unpaired) electrons. The van der Waals surface area contributed by atoms with Crippen molar-refractivity contribution in [3.8, 4) is 0 Å². The quantitative estimate of drug-likeness (QED) is 0.390. The van der Waals surface area contributed by atoms with E-state index in [9.17, 15) is 0 Å². The summed E-state index contributed by atoms with van der Waals surface area (Å²) in [6, 6.07) is 0. The van der Waals surface area contributed by atoms with Gasteiger partial charge in [-0.05, 0) is 6.92 Å². The molecule has 2 nitrogen and oxygen atoms in total. The zero-order valence-corrected chi connectivity index (χ0v) is 5.26. The van der Waals surface area contributed by atoms with E-state index >= 15 is 0 Å². The molecule has 0 spiro atoms. The highest BCUT2D eigenvalue weighted by atomic mass is 27.2. The molecule has 0 aromatic rings. The van der Waals surface area contributed by atoms with Crippen molar-refractivity contribution in [1.82, 2.24) is 0 Å². The maximum absolute atomic E-state index is 4.84. The van der Waals surface area contributed by atoms with Crippen LogP contribution in [-0.4, -0.2) is 29.6 Å². The van der Waals surface area contributed by atoms with Crippen LogP contribution in [0.1, 0.15) is 9.78 Å². The van der Waals surface area contributed by atoms with Gasteiger partial charge in [-0.3, -0.25) is 0 Å². The van der Waals surface area contributed by atoms with Crippen molar-refractivity contribution in [3.05, 3.63) is 0 Å². The van der Waals surface area contributed by atoms with Gasteiger partial charge < -0.3 is 7.58 Å². The molecule has 0 heterocycles. The molecule has 0 saturated heterocycles. The first kappa shape index (κ1) is 6.45. The second-order valence-corrected chi connectivity index (χ2v) is 1.78. The zero-order chi connectivity index (χ0) is 4.83. The topological polar surface area (TPSA) is 18.5 Å². The second kappa shape index (κ2) is 5.45. The van der Waals surface area contributed by atoms with E-state index in [1.807, 2.05) is 6.92 Å². The molecule has 3 heteroatoms. The Morgan fingerprint density at radius 3 is 2.67 bits per heavy atom. The molecule has 0 amide bonds. The van der Waals surface area contributed by atoms with Crippen molar-refractivity contribution in [1.29, 1.82) is 0 Å². The summed E-state index contributed by atoms with van der Waals surface area (Å²) in [6.07, 6.45) is 0. The van der Waals surface area contributed by atoms with Gasteiger partial charge in [0.05, 0.1) is 0 Å². The Hall–Kier alpha value is 0.452. The number of rotatable bonds is 3. The van der Waals surface area contributed by atoms with E-state index in [1.54, 1.807) is 7.11 Å². The lowest BCUT2D eigenvalue weighted by Gasteiger charge is -1.90. The van der Waals surface area contributed by atoms with E-state index in [0.29, 0.717) is 0 Å². The summed E-state index contributed by atoms with van der Waals surface area (Å²) >= 11 is -0.182. The van der Waals surface area contributed by atoms with Gasteiger partial charge in [-0.2, -0.15) is 0 Å². The molecule has 0 bridgehead atoms. The van der Waals surface area contributed by atoms with Gasteiger partial charge in [-0.25, -0.2) is 0 Å². The molecule has 0 aliphatic rings. The Bertz CT molecular complexity index is 27.2. The van der Waals surface area contributed by atoms with Crippen LogP contribution in [-0.2, 0) is 7.58 Å². The number of hydrogen-bond donors (Lipinski definition) is 0. The first-order chi connectivity index (χ1) is 2.91. The van der Waals surface area contributed by atoms with E-state index in [0.717, 1.165) is 6.61 Å². The standard InChI is InChI=1S/C2H5O.CH3O.Al.2H2/c1-2-3;1-2;;;/h2H2,1H3;1H3;;2*1H/q2*-1;+2;;. The first-order valence-electron chi connectivity index (χ1n) is 1.88. The monoisotopic (exact) mass is 107 g/mol. The SMILES string of the molecule is CC[O][Al][O]C.[HH].[HH]. The average Bonchev–Trinajstić information content (AvgIpc) is 1.61. The fourth-order valence-electron chi connectivity index (χ4n) is 0.136. The fourth-order valence-corrected chi connectivity index (χ4v) is 0.408. The predicted molar refractivity (Wildman–Crippen MR) is 28.6 cm³/mol. The van der Waals surface area contributed by atoms with Gasteiger partial charge in [-0.1, -0.05) is 0 Å². The van der Waals surface area contributed by atoms with Gasteiger partial charge in [-0.15, -0.1) is 0 Å². The number of hydrogen-bond acceptors (Lipinski definition) is 2. The summed E-state index contributed by atoms with van der Waals surface area (Å²) in [5, 5.41) is 0. The van der Waals surface area contributed by atoms with Crippen molar-refractivity contribution in [3.63, 3.8) is 0 Å². The molecule has 0 aromatic carbocycles. The van der Waals surface area contributed by atoms with Crippen LogP contribution in [0, 0.1) is 0 Å². The maximum Gasteiger partial charge on any atom is 0.668 e. The normalized spacial score (nSPS) is 8.33. The van der Waals surface area contributed by atoms with Crippen molar-refractivity contribution >= 4 is 15.9 Å². The van der Waals surface area contributed by atoms with E-state index in [2.05, 4.69) is 3.79 Å². The summed E-state index contributed by atoms with van der Waals surface area (Å²) in [7, 11) is 1.64. The van der Waals surface area contributed by atoms with Crippen LogP contribution in [0.25, 0.3) is 0 Å². The van der Waals surface area contributed by atoms with Crippen molar-refractivity contribution in [2.24, 2.45) is 0 Å². The summed E-state index contributed by atoms with van der Waals surface area (Å²) in [6.45, 7) is 2.72. The van der Waals surface area contributed by atoms with Crippen molar-refractivity contribution < 1.29 is 10.4 Å². The van der Waals surface area contributed by atoms with E-state index in [4.69, 9.17) is 3.79 Å². The molecule has 0 saturated carbocycles. The van der Waals surface area contributed by atoms with Crippen LogP contribution in [0.15, 0.2) is 0 Å². The highest BCUT2D eigenvalue weighted by Crippen LogP contribution is 1.64. The molecule has 0 fully saturated rings. The third-order valence-electron chi connectivity index (χ3n) is 0.331. The smallest absolute Gasteiger partial charge is 0.486 e. The summed E-state index contributed by atoms with van der Waals surface area (Å²) in [5.74, 6) is 0. The van der Waals surface area contributed by atoms with Crippen LogP contribution in [0.2, 0.25) is 0 Å². The fraction of sp³-hybridized carbons (Fsp3) is 1.00. The van der Waals surface area contributed by atoms with Crippen LogP contribution in [0.5, 0.6) is 0 Å². The summed E-state index contributed by atoms with van der Waals surface area (Å²) < 4.78 is 9.49. The molecule has 0 N–H and O–H groups in total. The highest BCUT2D eigenvalue weighted by Gasteiger charge is 1.86. The molecule has 0 aromatic heterocycles. The van der Waals surface area contributed by atoms with Crippen molar-refractivity contribution in [2.75, 3.05) is 13.7 Å². The summed E-state index contributed by atoms with van der Waals surface area (Å²) in [4.78, 5) is 0. The molecule has 0 unspecified atom stereocenters. The summed E-state index contributed by atoms with van der Waals surface area (Å²) in [5.41, 5.74) is 0. The Balaban J connectivity index is -0.000000125. The molecule has 0 atom stereocenters. The van der Waals surface area contributed by atoms with Crippen LogP contribution in [0.3, 0.4) is 0 Å². The lowest BCUT2D eigenvalue weighted by Crippen LogP contribution is -1.98. The largest absolute Gasteiger partial charge is 0.668 e. The van der Waals surface area contributed by atoms with Crippen LogP contribution >= 0.6 is 0 Å². The van der Waals surface area contributed by atoms with Gasteiger partial charge in [0.15, 0.2) is 0 Å². The van der Waals surface area contributed by atoms with Crippen LogP contribution < -0.4 is 0 Å². The average molecular weight is 107 g/mol. The molecule has 39 valence electrons. The van der Waals surface area contributed by atoms with Gasteiger partial charge in [0.2, 0.25) is 0 Å². The molecule has 6 heavy (non-hydrogen) atoms. The second-order valence-electron chi connectivity index (χ2n) is 0.787. The third kappa shape index (κ3) is 4.45. The predicted octanol–water partition coefficient (Wildman–Crippen LogP) is 0.696. The molecule has 0 rings (SSSR count). The van der Waals surface area contributed by atoms with Gasteiger partial charge in [0.1, 0.15) is 0 Å². The maximum atomic E-state index is 4.84. The zero-order valence-electron chi connectivity index (χ0n) is 4.10. The van der Waals surface area contributed by atoms with Crippen LogP contribution in [0.4, 0.5) is 0 Å². The van der Waals surface area contributed by atoms with Gasteiger partial charge in [0, 0.05) is 16.6 Å². The van der Waals surface area contributed by atoms with E-state index < -0.39 is 0 Å². The Kier molecular flexibility index (Phi) is 5.86. The Labute approximate surface area is 47.8 Å². The van der Waals surface area contributed by atoms with Gasteiger partial charge >= 0.3 is 15.9 Å². The minimum absolute atomic E-state index is 0. The third-order valence-corrected chi connectivity index (χ3v) is 0.993. The lowest BCUT2D eigenvalue weighted by molar-refractivity contribution is 0.269. The lowest BCUT2D eigenvalue weighted by atomic mass is 10.9. The van der Waals surface area contributed by atoms with E-state index in [-0.39, 0.29) is 18.7 Å². The highest BCUT2D eigenvalue weighted by molar-refractivity contribution is 6.17. The first-order valence-corrected chi connectivity index (χ1v) is 2.82. The molecular weight excluding hydrogens is 95.0 g/mol. The minimum Gasteiger partial charge on any atom is -0.486 e. The van der Waals surface area contributed by atoms with E-state index in [1.165, 1.54) is 0 Å². The molecule has 0 aliphatic carbocycles. The Morgan fingerprint density at radius 1 is 1.83 bits per heavy atom. The molecular formula is C3H12AlO2.